The molecule has 0 atom stereocenters. The van der Waals surface area contributed by atoms with Crippen LogP contribution in [0, 0.1) is 18.6 Å². The van der Waals surface area contributed by atoms with Gasteiger partial charge in [0.15, 0.2) is 4.91 Å². The minimum absolute atomic E-state index is 0.00168. The van der Waals surface area contributed by atoms with Crippen LogP contribution in [0.4, 0.5) is 20.2 Å². The van der Waals surface area contributed by atoms with Gasteiger partial charge in [0, 0.05) is 11.8 Å². The number of ketones is 1. The molecule has 0 aliphatic carbocycles. The third-order valence-electron chi connectivity index (χ3n) is 4.97. The van der Waals surface area contributed by atoms with Crippen LogP contribution in [0.2, 0.25) is 0 Å². The van der Waals surface area contributed by atoms with Crippen LogP contribution in [-0.2, 0) is 16.6 Å². The lowest BCUT2D eigenvalue weighted by Gasteiger charge is -2.31. The van der Waals surface area contributed by atoms with Crippen molar-refractivity contribution in [1.29, 1.82) is 0 Å². The van der Waals surface area contributed by atoms with Crippen molar-refractivity contribution in [2.24, 2.45) is 0 Å². The van der Waals surface area contributed by atoms with Gasteiger partial charge in [0.1, 0.15) is 17.3 Å². The van der Waals surface area contributed by atoms with Gasteiger partial charge in [-0.15, -0.1) is 0 Å². The molecular weight excluding hydrogens is 422 g/mol. The Hall–Kier alpha value is -3.52. The van der Waals surface area contributed by atoms with Gasteiger partial charge in [0.25, 0.3) is 10.0 Å². The van der Waals surface area contributed by atoms with Gasteiger partial charge in [0.05, 0.1) is 12.2 Å². The molecule has 1 heterocycles. The van der Waals surface area contributed by atoms with Crippen molar-refractivity contribution >= 4 is 27.2 Å². The molecule has 8 heteroatoms. The van der Waals surface area contributed by atoms with Crippen molar-refractivity contribution < 1.29 is 22.0 Å². The Morgan fingerprint density at radius 1 is 0.935 bits per heavy atom. The SMILES string of the molecule is Cc1ccc(CN2c3ccccc3C(=O)/C(=C/Nc3c(F)cccc3F)S2(=O)=O)cc1. The molecule has 1 N–H and O–H groups in total. The predicted molar refractivity (Wildman–Crippen MR) is 115 cm³/mol. The van der Waals surface area contributed by atoms with Gasteiger partial charge in [-0.05, 0) is 36.8 Å². The van der Waals surface area contributed by atoms with Crippen molar-refractivity contribution in [2.75, 3.05) is 9.62 Å². The van der Waals surface area contributed by atoms with Crippen molar-refractivity contribution in [3.63, 3.8) is 0 Å². The van der Waals surface area contributed by atoms with Gasteiger partial charge in [-0.2, -0.15) is 0 Å². The van der Waals surface area contributed by atoms with Crippen LogP contribution >= 0.6 is 0 Å². The lowest BCUT2D eigenvalue weighted by atomic mass is 10.1. The van der Waals surface area contributed by atoms with Crippen molar-refractivity contribution in [3.8, 4) is 0 Å². The summed E-state index contributed by atoms with van der Waals surface area (Å²) in [4.78, 5) is 12.4. The van der Waals surface area contributed by atoms with Gasteiger partial charge >= 0.3 is 0 Å². The summed E-state index contributed by atoms with van der Waals surface area (Å²) in [5.74, 6) is -2.57. The number of halogens is 2. The monoisotopic (exact) mass is 440 g/mol. The molecule has 31 heavy (non-hydrogen) atoms. The highest BCUT2D eigenvalue weighted by atomic mass is 32.2. The van der Waals surface area contributed by atoms with Gasteiger partial charge < -0.3 is 5.32 Å². The first-order chi connectivity index (χ1) is 14.8. The average Bonchev–Trinajstić information content (AvgIpc) is 2.74. The molecule has 0 radical (unpaired) electrons. The Bertz CT molecular complexity index is 1280. The van der Waals surface area contributed by atoms with Gasteiger partial charge in [-0.25, -0.2) is 17.2 Å². The number of carbonyl (C=O) groups excluding carboxylic acids is 1. The highest BCUT2D eigenvalue weighted by Crippen LogP contribution is 2.36. The number of benzene rings is 3. The lowest BCUT2D eigenvalue weighted by Crippen LogP contribution is -2.39. The quantitative estimate of drug-likeness (QED) is 0.594. The van der Waals surface area contributed by atoms with Gasteiger partial charge in [-0.3, -0.25) is 9.10 Å². The van der Waals surface area contributed by atoms with E-state index >= 15 is 0 Å². The van der Waals surface area contributed by atoms with Crippen LogP contribution in [0.1, 0.15) is 21.5 Å². The Morgan fingerprint density at radius 2 is 1.58 bits per heavy atom. The number of para-hydroxylation sites is 2. The molecule has 0 unspecified atom stereocenters. The second kappa shape index (κ2) is 7.96. The second-order valence-electron chi connectivity index (χ2n) is 7.09. The number of fused-ring (bicyclic) bond motifs is 1. The number of allylic oxidation sites excluding steroid dienone is 1. The predicted octanol–water partition coefficient (Wildman–Crippen LogP) is 4.76. The molecule has 4 rings (SSSR count). The van der Waals surface area contributed by atoms with Crippen molar-refractivity contribution in [1.82, 2.24) is 0 Å². The smallest absolute Gasteiger partial charge is 0.270 e. The number of Topliss-reactive ketones (excluding diaryl/α,β-unsaturated/α-hetero) is 1. The lowest BCUT2D eigenvalue weighted by molar-refractivity contribution is 0.104. The Balaban J connectivity index is 1.80. The average molecular weight is 440 g/mol. The van der Waals surface area contributed by atoms with E-state index in [9.17, 15) is 22.0 Å². The summed E-state index contributed by atoms with van der Waals surface area (Å²) >= 11 is 0. The van der Waals surface area contributed by atoms with E-state index in [0.29, 0.717) is 0 Å². The molecule has 0 spiro atoms. The van der Waals surface area contributed by atoms with E-state index in [1.165, 1.54) is 12.1 Å². The summed E-state index contributed by atoms with van der Waals surface area (Å²) in [6.45, 7) is 1.92. The zero-order chi connectivity index (χ0) is 22.2. The van der Waals surface area contributed by atoms with E-state index in [0.717, 1.165) is 33.8 Å². The molecule has 0 saturated carbocycles. The first-order valence-corrected chi connectivity index (χ1v) is 10.9. The number of sulfonamides is 1. The largest absolute Gasteiger partial charge is 0.355 e. The fourth-order valence-corrected chi connectivity index (χ4v) is 4.85. The van der Waals surface area contributed by atoms with E-state index in [4.69, 9.17) is 0 Å². The number of nitrogens with zero attached hydrogens (tertiary/aromatic N) is 1. The maximum absolute atomic E-state index is 14.0. The van der Waals surface area contributed by atoms with E-state index in [2.05, 4.69) is 5.32 Å². The fourth-order valence-electron chi connectivity index (χ4n) is 3.32. The minimum Gasteiger partial charge on any atom is -0.355 e. The molecule has 1 aliphatic rings. The standard InChI is InChI=1S/C23H18F2N2O3S/c1-15-9-11-16(12-10-15)14-27-20-8-3-2-5-17(20)23(28)21(31(27,29)30)13-26-22-18(24)6-4-7-19(22)25/h2-13,26H,14H2,1H3/b21-13-. The Labute approximate surface area is 178 Å². The summed E-state index contributed by atoms with van der Waals surface area (Å²) in [7, 11) is -4.29. The zero-order valence-corrected chi connectivity index (χ0v) is 17.3. The van der Waals surface area contributed by atoms with Crippen LogP contribution in [0.25, 0.3) is 0 Å². The highest BCUT2D eigenvalue weighted by molar-refractivity contribution is 7.97. The molecule has 3 aromatic carbocycles. The molecule has 0 aromatic heterocycles. The maximum Gasteiger partial charge on any atom is 0.270 e. The molecule has 0 bridgehead atoms. The molecule has 0 saturated heterocycles. The molecule has 0 amide bonds. The molecule has 5 nitrogen and oxygen atoms in total. The van der Waals surface area contributed by atoms with E-state index in [1.807, 2.05) is 19.1 Å². The summed E-state index contributed by atoms with van der Waals surface area (Å²) < 4.78 is 55.7. The molecule has 1 aliphatic heterocycles. The number of hydrogen-bond donors (Lipinski definition) is 1. The third kappa shape index (κ3) is 3.82. The van der Waals surface area contributed by atoms with Gasteiger partial charge in [-0.1, -0.05) is 48.0 Å². The van der Waals surface area contributed by atoms with E-state index in [1.54, 1.807) is 30.3 Å². The Kier molecular flexibility index (Phi) is 5.32. The van der Waals surface area contributed by atoms with Crippen molar-refractivity contribution in [3.05, 3.63) is 106 Å². The number of carbonyl (C=O) groups is 1. The number of nitrogens with one attached hydrogen (secondary N) is 1. The van der Waals surface area contributed by atoms with E-state index < -0.39 is 38.0 Å². The third-order valence-corrected chi connectivity index (χ3v) is 6.73. The summed E-state index contributed by atoms with van der Waals surface area (Å²) in [5, 5.41) is 2.32. The minimum atomic E-state index is -4.29. The normalized spacial score (nSPS) is 16.3. The van der Waals surface area contributed by atoms with Crippen molar-refractivity contribution in [2.45, 2.75) is 13.5 Å². The van der Waals surface area contributed by atoms with Crippen LogP contribution in [-0.4, -0.2) is 14.2 Å². The van der Waals surface area contributed by atoms with E-state index in [-0.39, 0.29) is 17.8 Å². The number of rotatable bonds is 4. The molecule has 158 valence electrons. The summed E-state index contributed by atoms with van der Waals surface area (Å²) in [6.07, 6.45) is 0.844. The number of aryl methyl sites for hydroxylation is 1. The molecule has 0 fully saturated rings. The summed E-state index contributed by atoms with van der Waals surface area (Å²) in [6, 6.07) is 16.9. The molecule has 3 aromatic rings. The highest BCUT2D eigenvalue weighted by Gasteiger charge is 2.40. The second-order valence-corrected chi connectivity index (χ2v) is 8.92. The zero-order valence-electron chi connectivity index (χ0n) is 16.5. The topological polar surface area (TPSA) is 66.5 Å². The summed E-state index contributed by atoms with van der Waals surface area (Å²) in [5.41, 5.74) is 1.65. The van der Waals surface area contributed by atoms with Crippen LogP contribution in [0.3, 0.4) is 0 Å². The fraction of sp³-hybridized carbons (Fsp3) is 0.0870. The first-order valence-electron chi connectivity index (χ1n) is 9.42. The number of hydrogen-bond acceptors (Lipinski definition) is 4. The van der Waals surface area contributed by atoms with Gasteiger partial charge in [0.2, 0.25) is 5.78 Å². The maximum atomic E-state index is 14.0. The van der Waals surface area contributed by atoms with Crippen LogP contribution < -0.4 is 9.62 Å². The van der Waals surface area contributed by atoms with Crippen LogP contribution in [0.15, 0.2) is 77.8 Å². The first kappa shape index (κ1) is 20.7. The van der Waals surface area contributed by atoms with Crippen LogP contribution in [0.5, 0.6) is 0 Å². The Morgan fingerprint density at radius 3 is 2.26 bits per heavy atom. The number of anilines is 2. The molecular formula is C23H18F2N2O3S.